The summed E-state index contributed by atoms with van der Waals surface area (Å²) in [6.07, 6.45) is 3.48. The van der Waals surface area contributed by atoms with Crippen molar-refractivity contribution in [1.82, 2.24) is 14.4 Å². The van der Waals surface area contributed by atoms with Gasteiger partial charge in [0.2, 0.25) is 0 Å². The van der Waals surface area contributed by atoms with Gasteiger partial charge < -0.3 is 5.32 Å². The highest BCUT2D eigenvalue weighted by Gasteiger charge is 2.17. The predicted molar refractivity (Wildman–Crippen MR) is 84.6 cm³/mol. The molecule has 0 fully saturated rings. The summed E-state index contributed by atoms with van der Waals surface area (Å²) in [5.74, 6) is 0.283. The van der Waals surface area contributed by atoms with Crippen molar-refractivity contribution in [3.63, 3.8) is 0 Å². The van der Waals surface area contributed by atoms with Crippen molar-refractivity contribution in [3.05, 3.63) is 58.1 Å². The maximum atomic E-state index is 12.5. The fourth-order valence-corrected chi connectivity index (χ4v) is 2.45. The molecule has 0 aliphatic carbocycles. The van der Waals surface area contributed by atoms with Gasteiger partial charge in [-0.05, 0) is 53.5 Å². The molecule has 3 aromatic heterocycles. The molecule has 3 heterocycles. The Hall–Kier alpha value is -2.21. The molecule has 0 saturated heterocycles. The molecule has 6 heteroatoms. The lowest BCUT2D eigenvalue weighted by molar-refractivity contribution is 0.102. The predicted octanol–water partition coefficient (Wildman–Crippen LogP) is 3.36. The molecule has 0 radical (unpaired) electrons. The van der Waals surface area contributed by atoms with Crippen LogP contribution in [0.4, 0.5) is 5.82 Å². The fraction of sp³-hybridized carbons (Fsp3) is 0.133. The van der Waals surface area contributed by atoms with Gasteiger partial charge in [0.15, 0.2) is 0 Å². The second-order valence-corrected chi connectivity index (χ2v) is 5.66. The van der Waals surface area contributed by atoms with Crippen molar-refractivity contribution in [1.29, 1.82) is 0 Å². The van der Waals surface area contributed by atoms with Gasteiger partial charge in [-0.15, -0.1) is 0 Å². The number of pyridine rings is 2. The van der Waals surface area contributed by atoms with E-state index < -0.39 is 0 Å². The largest absolute Gasteiger partial charge is 0.305 e. The molecule has 0 aliphatic rings. The van der Waals surface area contributed by atoms with Crippen LogP contribution >= 0.6 is 15.9 Å². The van der Waals surface area contributed by atoms with Crippen molar-refractivity contribution in [3.8, 4) is 0 Å². The maximum Gasteiger partial charge on any atom is 0.275 e. The van der Waals surface area contributed by atoms with Gasteiger partial charge in [0.05, 0.1) is 5.69 Å². The van der Waals surface area contributed by atoms with Crippen LogP contribution in [0.1, 0.15) is 21.7 Å². The number of carbonyl (C=O) groups is 1. The topological polar surface area (TPSA) is 59.3 Å². The van der Waals surface area contributed by atoms with Crippen LogP contribution < -0.4 is 5.32 Å². The Labute approximate surface area is 130 Å². The molecule has 0 aliphatic heterocycles. The Balaban J connectivity index is 2.00. The van der Waals surface area contributed by atoms with E-state index in [1.165, 1.54) is 0 Å². The molecular weight excluding hydrogens is 332 g/mol. The van der Waals surface area contributed by atoms with Gasteiger partial charge in [-0.1, -0.05) is 6.07 Å². The van der Waals surface area contributed by atoms with Crippen molar-refractivity contribution in [2.75, 3.05) is 5.32 Å². The highest BCUT2D eigenvalue weighted by molar-refractivity contribution is 9.10. The van der Waals surface area contributed by atoms with E-state index in [1.54, 1.807) is 16.7 Å². The van der Waals surface area contributed by atoms with E-state index in [1.807, 2.05) is 38.2 Å². The van der Waals surface area contributed by atoms with Crippen LogP contribution in [0.3, 0.4) is 0 Å². The number of aromatic nitrogens is 3. The summed E-state index contributed by atoms with van der Waals surface area (Å²) in [6.45, 7) is 3.80. The first-order valence-electron chi connectivity index (χ1n) is 6.43. The molecule has 5 nitrogen and oxygen atoms in total. The van der Waals surface area contributed by atoms with Gasteiger partial charge in [0.25, 0.3) is 5.91 Å². The van der Waals surface area contributed by atoms with Crippen molar-refractivity contribution >= 4 is 33.3 Å². The van der Waals surface area contributed by atoms with Crippen LogP contribution in [0, 0.1) is 13.8 Å². The molecule has 3 aromatic rings. The number of imidazole rings is 1. The van der Waals surface area contributed by atoms with E-state index in [0.717, 1.165) is 15.7 Å². The van der Waals surface area contributed by atoms with Crippen LogP contribution in [0.2, 0.25) is 0 Å². The summed E-state index contributed by atoms with van der Waals surface area (Å²) in [5.41, 5.74) is 3.04. The van der Waals surface area contributed by atoms with Gasteiger partial charge in [0, 0.05) is 16.9 Å². The second kappa shape index (κ2) is 5.29. The number of amides is 1. The minimum Gasteiger partial charge on any atom is -0.305 e. The number of halogens is 1. The Morgan fingerprint density at radius 2 is 2.10 bits per heavy atom. The van der Waals surface area contributed by atoms with Gasteiger partial charge in [-0.25, -0.2) is 9.97 Å². The monoisotopic (exact) mass is 344 g/mol. The van der Waals surface area contributed by atoms with Gasteiger partial charge >= 0.3 is 0 Å². The van der Waals surface area contributed by atoms with Crippen LogP contribution in [-0.4, -0.2) is 20.3 Å². The number of hydrogen-bond donors (Lipinski definition) is 1. The molecule has 0 saturated carbocycles. The zero-order valence-electron chi connectivity index (χ0n) is 11.6. The zero-order valence-corrected chi connectivity index (χ0v) is 13.2. The van der Waals surface area contributed by atoms with Crippen molar-refractivity contribution in [2.24, 2.45) is 0 Å². The maximum absolute atomic E-state index is 12.5. The SMILES string of the molecule is Cc1nc2c(C)cccn2c1C(=O)Nc1ccc(Br)cn1. The first-order chi connectivity index (χ1) is 10.1. The number of hydrogen-bond acceptors (Lipinski definition) is 3. The third kappa shape index (κ3) is 2.54. The van der Waals surface area contributed by atoms with Crippen LogP contribution in [-0.2, 0) is 0 Å². The Bertz CT molecular complexity index is 824. The summed E-state index contributed by atoms with van der Waals surface area (Å²) in [4.78, 5) is 21.1. The van der Waals surface area contributed by atoms with E-state index in [0.29, 0.717) is 17.2 Å². The first-order valence-corrected chi connectivity index (χ1v) is 7.23. The number of anilines is 1. The molecule has 1 amide bonds. The number of rotatable bonds is 2. The molecular formula is C15H13BrN4O. The quantitative estimate of drug-likeness (QED) is 0.775. The van der Waals surface area contributed by atoms with Gasteiger partial charge in [0.1, 0.15) is 17.2 Å². The normalized spacial score (nSPS) is 10.8. The summed E-state index contributed by atoms with van der Waals surface area (Å²) in [7, 11) is 0. The molecule has 0 spiro atoms. The third-order valence-corrected chi connectivity index (χ3v) is 3.67. The van der Waals surface area contributed by atoms with Crippen LogP contribution in [0.25, 0.3) is 5.65 Å². The van der Waals surface area contributed by atoms with Gasteiger partial charge in [-0.2, -0.15) is 0 Å². The summed E-state index contributed by atoms with van der Waals surface area (Å²) in [6, 6.07) is 7.44. The third-order valence-electron chi connectivity index (χ3n) is 3.20. The van der Waals surface area contributed by atoms with Crippen molar-refractivity contribution in [2.45, 2.75) is 13.8 Å². The molecule has 3 rings (SSSR count). The Morgan fingerprint density at radius 3 is 2.81 bits per heavy atom. The van der Waals surface area contributed by atoms with Crippen LogP contribution in [0.5, 0.6) is 0 Å². The number of aryl methyl sites for hydroxylation is 2. The highest BCUT2D eigenvalue weighted by Crippen LogP contribution is 2.17. The minimum atomic E-state index is -0.222. The second-order valence-electron chi connectivity index (χ2n) is 4.75. The summed E-state index contributed by atoms with van der Waals surface area (Å²) in [5, 5.41) is 2.79. The number of nitrogens with one attached hydrogen (secondary N) is 1. The molecule has 0 bridgehead atoms. The average Bonchev–Trinajstić information content (AvgIpc) is 2.79. The molecule has 0 unspecified atom stereocenters. The molecule has 1 N–H and O–H groups in total. The van der Waals surface area contributed by atoms with Crippen LogP contribution in [0.15, 0.2) is 41.1 Å². The lowest BCUT2D eigenvalue weighted by Crippen LogP contribution is -2.16. The molecule has 0 aromatic carbocycles. The summed E-state index contributed by atoms with van der Waals surface area (Å²) < 4.78 is 2.67. The Kier molecular flexibility index (Phi) is 3.47. The van der Waals surface area contributed by atoms with E-state index in [2.05, 4.69) is 31.2 Å². The highest BCUT2D eigenvalue weighted by atomic mass is 79.9. The fourth-order valence-electron chi connectivity index (χ4n) is 2.22. The average molecular weight is 345 g/mol. The number of fused-ring (bicyclic) bond motifs is 1. The summed E-state index contributed by atoms with van der Waals surface area (Å²) >= 11 is 3.31. The molecule has 0 atom stereocenters. The lowest BCUT2D eigenvalue weighted by Gasteiger charge is -2.05. The molecule has 21 heavy (non-hydrogen) atoms. The minimum absolute atomic E-state index is 0.222. The van der Waals surface area contributed by atoms with E-state index in [4.69, 9.17) is 0 Å². The van der Waals surface area contributed by atoms with Gasteiger partial charge in [-0.3, -0.25) is 9.20 Å². The van der Waals surface area contributed by atoms with E-state index in [9.17, 15) is 4.79 Å². The first kappa shape index (κ1) is 13.8. The number of nitrogens with zero attached hydrogens (tertiary/aromatic N) is 3. The van der Waals surface area contributed by atoms with E-state index in [-0.39, 0.29) is 5.91 Å². The number of carbonyl (C=O) groups excluding carboxylic acids is 1. The molecule has 106 valence electrons. The van der Waals surface area contributed by atoms with Crippen molar-refractivity contribution < 1.29 is 4.79 Å². The smallest absolute Gasteiger partial charge is 0.275 e. The zero-order chi connectivity index (χ0) is 15.0. The standard InChI is InChI=1S/C15H13BrN4O/c1-9-4-3-7-20-13(10(2)18-14(9)20)15(21)19-12-6-5-11(16)8-17-12/h3-8H,1-2H3,(H,17,19,21). The Morgan fingerprint density at radius 1 is 1.29 bits per heavy atom. The lowest BCUT2D eigenvalue weighted by atomic mass is 10.3. The van der Waals surface area contributed by atoms with E-state index >= 15 is 0 Å².